The first-order valence-electron chi connectivity index (χ1n) is 6.66. The Kier molecular flexibility index (Phi) is 2.57. The van der Waals surface area contributed by atoms with Crippen LogP contribution in [0, 0.1) is 6.92 Å². The van der Waals surface area contributed by atoms with E-state index in [9.17, 15) is 0 Å². The lowest BCUT2D eigenvalue weighted by Crippen LogP contribution is -1.84. The Hall–Kier alpha value is -2.19. The van der Waals surface area contributed by atoms with Crippen molar-refractivity contribution in [3.05, 3.63) is 65.7 Å². The molecule has 0 bridgehead atoms. The number of pyridine rings is 1. The van der Waals surface area contributed by atoms with Gasteiger partial charge in [-0.2, -0.15) is 0 Å². The van der Waals surface area contributed by atoms with Crippen molar-refractivity contribution in [1.82, 2.24) is 4.98 Å². The molecule has 4 rings (SSSR count). The Morgan fingerprint density at radius 1 is 0.850 bits per heavy atom. The number of fused-ring (bicyclic) bond motifs is 3. The number of aryl methyl sites for hydroxylation is 1. The van der Waals surface area contributed by atoms with E-state index in [1.54, 1.807) is 0 Å². The third kappa shape index (κ3) is 1.73. The summed E-state index contributed by atoms with van der Waals surface area (Å²) in [5, 5.41) is 3.70. The minimum atomic E-state index is 1.09. The van der Waals surface area contributed by atoms with Crippen LogP contribution >= 0.6 is 11.3 Å². The van der Waals surface area contributed by atoms with Crippen LogP contribution in [0.1, 0.15) is 4.88 Å². The molecular formula is C18H13NS. The quantitative estimate of drug-likeness (QED) is 0.422. The van der Waals surface area contributed by atoms with Gasteiger partial charge < -0.3 is 0 Å². The van der Waals surface area contributed by atoms with E-state index in [-0.39, 0.29) is 0 Å². The fourth-order valence-corrected chi connectivity index (χ4v) is 3.60. The summed E-state index contributed by atoms with van der Waals surface area (Å²) >= 11 is 1.84. The van der Waals surface area contributed by atoms with Crippen molar-refractivity contribution in [3.63, 3.8) is 0 Å². The molecule has 2 aromatic carbocycles. The molecule has 4 aromatic rings. The second kappa shape index (κ2) is 4.43. The maximum atomic E-state index is 4.61. The first-order chi connectivity index (χ1) is 9.83. The predicted octanol–water partition coefficient (Wildman–Crippen LogP) is 5.42. The van der Waals surface area contributed by atoms with Gasteiger partial charge in [-0.15, -0.1) is 11.3 Å². The third-order valence-corrected chi connectivity index (χ3v) is 4.65. The highest BCUT2D eigenvalue weighted by atomic mass is 32.1. The molecule has 96 valence electrons. The number of rotatable bonds is 1. The van der Waals surface area contributed by atoms with Gasteiger partial charge in [0.05, 0.1) is 5.52 Å². The van der Waals surface area contributed by atoms with E-state index in [4.69, 9.17) is 0 Å². The van der Waals surface area contributed by atoms with E-state index < -0.39 is 0 Å². The standard InChI is InChI=1S/C18H13NS/c1-12-7-10-16(20-12)15-6-2-4-13-8-9-14-5-3-11-19-18(14)17(13)15/h2-11H,1H3. The first kappa shape index (κ1) is 11.6. The Bertz CT molecular complexity index is 921. The largest absolute Gasteiger partial charge is 0.256 e. The maximum Gasteiger partial charge on any atom is 0.0786 e. The third-order valence-electron chi connectivity index (χ3n) is 3.62. The summed E-state index contributed by atoms with van der Waals surface area (Å²) in [5.41, 5.74) is 2.37. The molecule has 20 heavy (non-hydrogen) atoms. The fourth-order valence-electron chi connectivity index (χ4n) is 2.70. The lowest BCUT2D eigenvalue weighted by molar-refractivity contribution is 1.43. The van der Waals surface area contributed by atoms with Crippen LogP contribution in [0.3, 0.4) is 0 Å². The highest BCUT2D eigenvalue weighted by Gasteiger charge is 2.09. The van der Waals surface area contributed by atoms with E-state index in [1.807, 2.05) is 23.6 Å². The van der Waals surface area contributed by atoms with Gasteiger partial charge in [0.1, 0.15) is 0 Å². The molecule has 0 fully saturated rings. The molecule has 0 spiro atoms. The number of thiophene rings is 1. The van der Waals surface area contributed by atoms with Gasteiger partial charge in [0, 0.05) is 32.3 Å². The smallest absolute Gasteiger partial charge is 0.0786 e. The molecular weight excluding hydrogens is 262 g/mol. The minimum Gasteiger partial charge on any atom is -0.256 e. The summed E-state index contributed by atoms with van der Waals surface area (Å²) in [6, 6.07) is 19.3. The minimum absolute atomic E-state index is 1.09. The van der Waals surface area contributed by atoms with Gasteiger partial charge in [-0.3, -0.25) is 4.98 Å². The summed E-state index contributed by atoms with van der Waals surface area (Å²) in [6.07, 6.45) is 1.87. The molecule has 0 aliphatic rings. The monoisotopic (exact) mass is 275 g/mol. The normalized spacial score (nSPS) is 11.2. The first-order valence-corrected chi connectivity index (χ1v) is 7.48. The summed E-state index contributed by atoms with van der Waals surface area (Å²) < 4.78 is 0. The van der Waals surface area contributed by atoms with Crippen molar-refractivity contribution >= 4 is 33.0 Å². The summed E-state index contributed by atoms with van der Waals surface area (Å²) in [5.74, 6) is 0. The van der Waals surface area contributed by atoms with E-state index >= 15 is 0 Å². The lowest BCUT2D eigenvalue weighted by Gasteiger charge is -2.07. The van der Waals surface area contributed by atoms with Crippen molar-refractivity contribution in [2.45, 2.75) is 6.92 Å². The van der Waals surface area contributed by atoms with Gasteiger partial charge in [0.2, 0.25) is 0 Å². The summed E-state index contributed by atoms with van der Waals surface area (Å²) in [6.45, 7) is 2.15. The van der Waals surface area contributed by atoms with Gasteiger partial charge in [-0.1, -0.05) is 36.4 Å². The van der Waals surface area contributed by atoms with Crippen LogP contribution in [0.2, 0.25) is 0 Å². The summed E-state index contributed by atoms with van der Waals surface area (Å²) in [7, 11) is 0. The van der Waals surface area contributed by atoms with E-state index in [1.165, 1.54) is 31.5 Å². The van der Waals surface area contributed by atoms with Gasteiger partial charge in [0.25, 0.3) is 0 Å². The number of hydrogen-bond acceptors (Lipinski definition) is 2. The van der Waals surface area contributed by atoms with Crippen LogP contribution in [-0.4, -0.2) is 4.98 Å². The predicted molar refractivity (Wildman–Crippen MR) is 87.3 cm³/mol. The number of nitrogens with zero attached hydrogens (tertiary/aromatic N) is 1. The molecule has 0 atom stereocenters. The summed E-state index contributed by atoms with van der Waals surface area (Å²) in [4.78, 5) is 7.26. The molecule has 0 saturated heterocycles. The molecule has 0 saturated carbocycles. The molecule has 0 aliphatic heterocycles. The molecule has 0 radical (unpaired) electrons. The topological polar surface area (TPSA) is 12.9 Å². The molecule has 1 nitrogen and oxygen atoms in total. The van der Waals surface area contributed by atoms with Gasteiger partial charge in [-0.05, 0) is 30.5 Å². The Balaban J connectivity index is 2.18. The van der Waals surface area contributed by atoms with E-state index in [2.05, 4.69) is 60.4 Å². The number of hydrogen-bond donors (Lipinski definition) is 0. The van der Waals surface area contributed by atoms with Crippen LogP contribution in [0.25, 0.3) is 32.1 Å². The van der Waals surface area contributed by atoms with Crippen molar-refractivity contribution < 1.29 is 0 Å². The van der Waals surface area contributed by atoms with Crippen molar-refractivity contribution in [2.24, 2.45) is 0 Å². The highest BCUT2D eigenvalue weighted by Crippen LogP contribution is 2.36. The zero-order valence-electron chi connectivity index (χ0n) is 11.1. The van der Waals surface area contributed by atoms with Crippen LogP contribution in [0.4, 0.5) is 0 Å². The highest BCUT2D eigenvalue weighted by molar-refractivity contribution is 7.15. The number of benzene rings is 2. The van der Waals surface area contributed by atoms with Crippen LogP contribution in [0.15, 0.2) is 60.8 Å². The fraction of sp³-hybridized carbons (Fsp3) is 0.0556. The van der Waals surface area contributed by atoms with Crippen LogP contribution < -0.4 is 0 Å². The number of aromatic nitrogens is 1. The van der Waals surface area contributed by atoms with Gasteiger partial charge in [0.15, 0.2) is 0 Å². The second-order valence-electron chi connectivity index (χ2n) is 4.95. The average Bonchev–Trinajstić information content (AvgIpc) is 2.93. The molecule has 2 heteroatoms. The molecule has 0 unspecified atom stereocenters. The lowest BCUT2D eigenvalue weighted by atomic mass is 10.00. The SMILES string of the molecule is Cc1ccc(-c2cccc3ccc4cccnc4c23)s1. The van der Waals surface area contributed by atoms with Crippen molar-refractivity contribution in [3.8, 4) is 10.4 Å². The Morgan fingerprint density at radius 2 is 1.70 bits per heavy atom. The Labute approximate surface area is 121 Å². The van der Waals surface area contributed by atoms with Crippen molar-refractivity contribution in [2.75, 3.05) is 0 Å². The molecule has 0 amide bonds. The van der Waals surface area contributed by atoms with Gasteiger partial charge >= 0.3 is 0 Å². The van der Waals surface area contributed by atoms with Gasteiger partial charge in [-0.25, -0.2) is 0 Å². The molecule has 0 aliphatic carbocycles. The second-order valence-corrected chi connectivity index (χ2v) is 6.24. The Morgan fingerprint density at radius 3 is 2.55 bits per heavy atom. The molecule has 2 aromatic heterocycles. The molecule has 0 N–H and O–H groups in total. The van der Waals surface area contributed by atoms with E-state index in [0.717, 1.165) is 5.52 Å². The average molecular weight is 275 g/mol. The van der Waals surface area contributed by atoms with Crippen molar-refractivity contribution in [1.29, 1.82) is 0 Å². The maximum absolute atomic E-state index is 4.61. The van der Waals surface area contributed by atoms with E-state index in [0.29, 0.717) is 0 Å². The van der Waals surface area contributed by atoms with Crippen LogP contribution in [-0.2, 0) is 0 Å². The van der Waals surface area contributed by atoms with Crippen LogP contribution in [0.5, 0.6) is 0 Å². The zero-order chi connectivity index (χ0) is 13.5. The molecule has 2 heterocycles. The zero-order valence-corrected chi connectivity index (χ0v) is 11.9.